The van der Waals surface area contributed by atoms with Crippen molar-refractivity contribution in [1.82, 2.24) is 0 Å². The summed E-state index contributed by atoms with van der Waals surface area (Å²) >= 11 is 0. The lowest BCUT2D eigenvalue weighted by Gasteiger charge is -2.43. The minimum atomic E-state index is -4.42. The number of amides is 1. The third-order valence-corrected chi connectivity index (χ3v) is 5.35. The monoisotopic (exact) mass is 423 g/mol. The van der Waals surface area contributed by atoms with Crippen LogP contribution in [0.25, 0.3) is 0 Å². The van der Waals surface area contributed by atoms with Crippen molar-refractivity contribution in [2.75, 3.05) is 4.90 Å². The Hall–Kier alpha value is -3.38. The maximum atomic E-state index is 12.9. The summed E-state index contributed by atoms with van der Waals surface area (Å²) in [6.45, 7) is 0. The molecule has 1 amide bonds. The molecule has 0 aromatic heterocycles. The highest BCUT2D eigenvalue weighted by Gasteiger charge is 2.43. The van der Waals surface area contributed by atoms with Crippen molar-refractivity contribution in [2.24, 2.45) is 0 Å². The van der Waals surface area contributed by atoms with Crippen molar-refractivity contribution in [3.63, 3.8) is 0 Å². The lowest BCUT2D eigenvalue weighted by molar-refractivity contribution is -0.137. The van der Waals surface area contributed by atoms with Crippen molar-refractivity contribution in [1.29, 1.82) is 0 Å². The van der Waals surface area contributed by atoms with Gasteiger partial charge in [-0.25, -0.2) is 0 Å². The van der Waals surface area contributed by atoms with Crippen LogP contribution in [0, 0.1) is 0 Å². The van der Waals surface area contributed by atoms with E-state index >= 15 is 0 Å². The van der Waals surface area contributed by atoms with E-state index in [4.69, 9.17) is 0 Å². The molecule has 0 aliphatic carbocycles. The van der Waals surface area contributed by atoms with Crippen molar-refractivity contribution in [3.8, 4) is 0 Å². The highest BCUT2D eigenvalue weighted by Crippen LogP contribution is 2.43. The lowest BCUT2D eigenvalue weighted by atomic mass is 9.86. The normalized spacial score (nSPS) is 18.7. The standard InChI is InChI=1S/C25H20F3NO2/c26-25(27,28)19-13-11-17(12-14-19)22(30)16-15-21-23(18-7-3-1-4-8-18)29(24(21)31)20-9-5-2-6-10-20/h1-15,22-23,30H,16H2/b21-15-/t22?,23-/m1/s1. The predicted octanol–water partition coefficient (Wildman–Crippen LogP) is 5.84. The molecule has 1 N–H and O–H groups in total. The number of anilines is 1. The Balaban J connectivity index is 1.56. The molecule has 0 spiro atoms. The molecule has 6 heteroatoms. The molecule has 4 rings (SSSR count). The summed E-state index contributed by atoms with van der Waals surface area (Å²) in [7, 11) is 0. The molecule has 1 aliphatic heterocycles. The number of hydrogen-bond acceptors (Lipinski definition) is 2. The van der Waals surface area contributed by atoms with Crippen LogP contribution < -0.4 is 4.90 Å². The largest absolute Gasteiger partial charge is 0.416 e. The van der Waals surface area contributed by atoms with E-state index in [0.717, 1.165) is 23.4 Å². The minimum Gasteiger partial charge on any atom is -0.388 e. The summed E-state index contributed by atoms with van der Waals surface area (Å²) in [6.07, 6.45) is -3.63. The molecule has 1 unspecified atom stereocenters. The summed E-state index contributed by atoms with van der Waals surface area (Å²) in [5, 5.41) is 10.5. The SMILES string of the molecule is O=C1/C(=C\CC(O)c2ccc(C(F)(F)F)cc2)[C@@H](c2ccccc2)N1c1ccccc1. The number of carbonyl (C=O) groups excluding carboxylic acids is 1. The zero-order valence-corrected chi connectivity index (χ0v) is 16.5. The molecular weight excluding hydrogens is 403 g/mol. The molecule has 3 nitrogen and oxygen atoms in total. The second-order valence-electron chi connectivity index (χ2n) is 7.35. The third kappa shape index (κ3) is 4.25. The van der Waals surface area contributed by atoms with Crippen molar-refractivity contribution < 1.29 is 23.1 Å². The molecule has 1 fully saturated rings. The Morgan fingerprint density at radius 1 is 0.903 bits per heavy atom. The first-order valence-electron chi connectivity index (χ1n) is 9.85. The van der Waals surface area contributed by atoms with Crippen LogP contribution >= 0.6 is 0 Å². The molecule has 0 radical (unpaired) electrons. The zero-order chi connectivity index (χ0) is 22.0. The first kappa shape index (κ1) is 20.9. The van der Waals surface area contributed by atoms with Crippen LogP contribution in [-0.2, 0) is 11.0 Å². The number of β-lactam (4-membered cyclic amide) rings is 1. The second kappa shape index (κ2) is 8.40. The first-order chi connectivity index (χ1) is 14.9. The number of alkyl halides is 3. The number of rotatable bonds is 5. The molecule has 0 bridgehead atoms. The van der Waals surface area contributed by atoms with Gasteiger partial charge in [-0.05, 0) is 41.8 Å². The van der Waals surface area contributed by atoms with Crippen molar-refractivity contribution in [2.45, 2.75) is 24.7 Å². The molecule has 158 valence electrons. The topological polar surface area (TPSA) is 40.5 Å². The summed E-state index contributed by atoms with van der Waals surface area (Å²) in [4.78, 5) is 14.6. The molecule has 3 aromatic rings. The highest BCUT2D eigenvalue weighted by atomic mass is 19.4. The quantitative estimate of drug-likeness (QED) is 0.414. The second-order valence-corrected chi connectivity index (χ2v) is 7.35. The van der Waals surface area contributed by atoms with Gasteiger partial charge in [-0.3, -0.25) is 9.69 Å². The number of halogens is 3. The Bertz CT molecular complexity index is 1080. The number of nitrogens with zero attached hydrogens (tertiary/aromatic N) is 1. The number of para-hydroxylation sites is 1. The Labute approximate surface area is 178 Å². The van der Waals surface area contributed by atoms with Crippen LogP contribution in [0.5, 0.6) is 0 Å². The molecule has 1 saturated heterocycles. The Kier molecular flexibility index (Phi) is 5.65. The van der Waals surface area contributed by atoms with Gasteiger partial charge in [0.1, 0.15) is 0 Å². The molecule has 0 saturated carbocycles. The molecule has 31 heavy (non-hydrogen) atoms. The highest BCUT2D eigenvalue weighted by molar-refractivity contribution is 6.15. The average molecular weight is 423 g/mol. The first-order valence-corrected chi connectivity index (χ1v) is 9.85. The van der Waals surface area contributed by atoms with Crippen LogP contribution in [0.1, 0.15) is 35.3 Å². The number of carbonyl (C=O) groups is 1. The summed E-state index contributed by atoms with van der Waals surface area (Å²) < 4.78 is 38.2. The molecular formula is C25H20F3NO2. The van der Waals surface area contributed by atoms with Gasteiger partial charge in [-0.2, -0.15) is 13.2 Å². The number of hydrogen-bond donors (Lipinski definition) is 1. The van der Waals surface area contributed by atoms with Gasteiger partial charge in [-0.1, -0.05) is 66.7 Å². The summed E-state index contributed by atoms with van der Waals surface area (Å²) in [5.74, 6) is -0.153. The van der Waals surface area contributed by atoms with Crippen LogP contribution in [0.2, 0.25) is 0 Å². The van der Waals surface area contributed by atoms with E-state index in [1.807, 2.05) is 60.7 Å². The van der Waals surface area contributed by atoms with Crippen LogP contribution in [0.15, 0.2) is 96.6 Å². The van der Waals surface area contributed by atoms with E-state index < -0.39 is 17.8 Å². The van der Waals surface area contributed by atoms with Gasteiger partial charge in [0.05, 0.1) is 17.7 Å². The Morgan fingerprint density at radius 2 is 1.48 bits per heavy atom. The summed E-state index contributed by atoms with van der Waals surface area (Å²) in [6, 6.07) is 23.0. The molecule has 2 atom stereocenters. The minimum absolute atomic E-state index is 0.123. The Morgan fingerprint density at radius 3 is 2.06 bits per heavy atom. The number of aliphatic hydroxyl groups excluding tert-OH is 1. The van der Waals surface area contributed by atoms with E-state index in [2.05, 4.69) is 0 Å². The van der Waals surface area contributed by atoms with Gasteiger partial charge < -0.3 is 5.11 Å². The average Bonchev–Trinajstić information content (AvgIpc) is 2.78. The van der Waals surface area contributed by atoms with Crippen LogP contribution in [0.4, 0.5) is 18.9 Å². The predicted molar refractivity (Wildman–Crippen MR) is 112 cm³/mol. The molecule has 3 aromatic carbocycles. The van der Waals surface area contributed by atoms with E-state index in [9.17, 15) is 23.1 Å². The smallest absolute Gasteiger partial charge is 0.388 e. The van der Waals surface area contributed by atoms with E-state index in [1.54, 1.807) is 11.0 Å². The third-order valence-electron chi connectivity index (χ3n) is 5.35. The van der Waals surface area contributed by atoms with Crippen LogP contribution in [0.3, 0.4) is 0 Å². The molecule has 1 aliphatic rings. The maximum Gasteiger partial charge on any atom is 0.416 e. The van der Waals surface area contributed by atoms with Gasteiger partial charge in [-0.15, -0.1) is 0 Å². The number of benzene rings is 3. The fourth-order valence-corrected chi connectivity index (χ4v) is 3.73. The van der Waals surface area contributed by atoms with Gasteiger partial charge >= 0.3 is 6.18 Å². The van der Waals surface area contributed by atoms with Crippen molar-refractivity contribution in [3.05, 3.63) is 113 Å². The van der Waals surface area contributed by atoms with Gasteiger partial charge in [0.15, 0.2) is 0 Å². The van der Waals surface area contributed by atoms with Gasteiger partial charge in [0.25, 0.3) is 5.91 Å². The fourth-order valence-electron chi connectivity index (χ4n) is 3.73. The fraction of sp³-hybridized carbons (Fsp3) is 0.160. The van der Waals surface area contributed by atoms with Crippen molar-refractivity contribution >= 4 is 11.6 Å². The maximum absolute atomic E-state index is 12.9. The zero-order valence-electron chi connectivity index (χ0n) is 16.5. The summed E-state index contributed by atoms with van der Waals surface area (Å²) in [5.41, 5.74) is 1.88. The van der Waals surface area contributed by atoms with Gasteiger partial charge in [0.2, 0.25) is 0 Å². The van der Waals surface area contributed by atoms with E-state index in [-0.39, 0.29) is 18.4 Å². The lowest BCUT2D eigenvalue weighted by Crippen LogP contribution is -2.49. The molecule has 1 heterocycles. The number of aliphatic hydroxyl groups is 1. The van der Waals surface area contributed by atoms with Crippen LogP contribution in [-0.4, -0.2) is 11.0 Å². The van der Waals surface area contributed by atoms with E-state index in [1.165, 1.54) is 12.1 Å². The van der Waals surface area contributed by atoms with Gasteiger partial charge in [0, 0.05) is 11.3 Å². The van der Waals surface area contributed by atoms with E-state index in [0.29, 0.717) is 11.1 Å².